The Morgan fingerprint density at radius 1 is 1.64 bits per heavy atom. The molecule has 0 saturated heterocycles. The molecule has 0 aromatic carbocycles. The summed E-state index contributed by atoms with van der Waals surface area (Å²) in [6.45, 7) is 2.08. The van der Waals surface area contributed by atoms with E-state index in [4.69, 9.17) is 10.5 Å². The number of rotatable bonds is 7. The van der Waals surface area contributed by atoms with Crippen LogP contribution < -0.4 is 11.1 Å². The summed E-state index contributed by atoms with van der Waals surface area (Å²) < 4.78 is 4.98. The highest BCUT2D eigenvalue weighted by Gasteiger charge is 1.94. The van der Waals surface area contributed by atoms with Gasteiger partial charge in [0.15, 0.2) is 0 Å². The van der Waals surface area contributed by atoms with Gasteiger partial charge < -0.3 is 15.8 Å². The topological polar surface area (TPSA) is 64.4 Å². The number of thiophene rings is 1. The van der Waals surface area contributed by atoms with Gasteiger partial charge in [0, 0.05) is 18.0 Å². The van der Waals surface area contributed by atoms with Gasteiger partial charge in [-0.2, -0.15) is 0 Å². The summed E-state index contributed by atoms with van der Waals surface area (Å²) in [6, 6.07) is 4.09. The average Bonchev–Trinajstić information content (AvgIpc) is 2.63. The molecule has 0 aliphatic carbocycles. The Hall–Kier alpha value is -0.910. The Kier molecular flexibility index (Phi) is 5.21. The van der Waals surface area contributed by atoms with Crippen molar-refractivity contribution in [2.24, 2.45) is 5.73 Å². The maximum absolute atomic E-state index is 10.3. The van der Waals surface area contributed by atoms with Gasteiger partial charge in [0.1, 0.15) is 6.61 Å². The van der Waals surface area contributed by atoms with Crippen molar-refractivity contribution in [3.63, 3.8) is 0 Å². The van der Waals surface area contributed by atoms with E-state index in [9.17, 15) is 4.79 Å². The Morgan fingerprint density at radius 2 is 2.50 bits per heavy atom. The zero-order valence-corrected chi connectivity index (χ0v) is 8.68. The largest absolute Gasteiger partial charge is 0.370 e. The van der Waals surface area contributed by atoms with Crippen molar-refractivity contribution >= 4 is 17.2 Å². The Labute approximate surface area is 87.1 Å². The predicted octanol–water partition coefficient (Wildman–Crippen LogP) is 0.340. The Morgan fingerprint density at radius 3 is 3.14 bits per heavy atom. The number of amides is 1. The second kappa shape index (κ2) is 6.53. The molecule has 1 aromatic rings. The van der Waals surface area contributed by atoms with Crippen molar-refractivity contribution in [1.82, 2.24) is 5.32 Å². The van der Waals surface area contributed by atoms with Gasteiger partial charge >= 0.3 is 0 Å². The number of ether oxygens (including phenoxy) is 1. The van der Waals surface area contributed by atoms with Crippen molar-refractivity contribution in [3.05, 3.63) is 22.4 Å². The van der Waals surface area contributed by atoms with Crippen LogP contribution in [0.15, 0.2) is 17.5 Å². The molecule has 0 bridgehead atoms. The summed E-state index contributed by atoms with van der Waals surface area (Å²) in [5, 5.41) is 5.24. The standard InChI is InChI=1S/C9H14N2O2S/c10-9(12)7-13-4-3-11-6-8-2-1-5-14-8/h1-2,5,11H,3-4,6-7H2,(H2,10,12). The molecule has 4 nitrogen and oxygen atoms in total. The van der Waals surface area contributed by atoms with Gasteiger partial charge in [0.25, 0.3) is 0 Å². The number of carbonyl (C=O) groups is 1. The fraction of sp³-hybridized carbons (Fsp3) is 0.444. The zero-order valence-electron chi connectivity index (χ0n) is 7.86. The molecule has 0 unspecified atom stereocenters. The number of hydrogen-bond acceptors (Lipinski definition) is 4. The minimum atomic E-state index is -0.428. The lowest BCUT2D eigenvalue weighted by Gasteiger charge is -2.03. The third-order valence-corrected chi connectivity index (χ3v) is 2.42. The second-order valence-corrected chi connectivity index (χ2v) is 3.81. The van der Waals surface area contributed by atoms with Crippen LogP contribution >= 0.6 is 11.3 Å². The second-order valence-electron chi connectivity index (χ2n) is 2.78. The van der Waals surface area contributed by atoms with Crippen LogP contribution in [0.25, 0.3) is 0 Å². The molecular weight excluding hydrogens is 200 g/mol. The molecule has 0 radical (unpaired) electrons. The van der Waals surface area contributed by atoms with E-state index in [0.29, 0.717) is 6.61 Å². The monoisotopic (exact) mass is 214 g/mol. The molecule has 1 rings (SSSR count). The quantitative estimate of drug-likeness (QED) is 0.643. The lowest BCUT2D eigenvalue weighted by Crippen LogP contribution is -2.23. The van der Waals surface area contributed by atoms with Crippen molar-refractivity contribution in [2.75, 3.05) is 19.8 Å². The molecule has 1 amide bonds. The van der Waals surface area contributed by atoms with E-state index in [0.717, 1.165) is 13.1 Å². The molecule has 0 spiro atoms. The molecule has 14 heavy (non-hydrogen) atoms. The van der Waals surface area contributed by atoms with E-state index >= 15 is 0 Å². The first-order valence-corrected chi connectivity index (χ1v) is 5.26. The lowest BCUT2D eigenvalue weighted by molar-refractivity contribution is -0.122. The summed E-state index contributed by atoms with van der Waals surface area (Å²) in [7, 11) is 0. The Balaban J connectivity index is 1.92. The molecule has 1 heterocycles. The molecule has 0 atom stereocenters. The number of hydrogen-bond donors (Lipinski definition) is 2. The average molecular weight is 214 g/mol. The highest BCUT2D eigenvalue weighted by atomic mass is 32.1. The number of carbonyl (C=O) groups excluding carboxylic acids is 1. The van der Waals surface area contributed by atoms with Crippen LogP contribution in [0.3, 0.4) is 0 Å². The van der Waals surface area contributed by atoms with Gasteiger partial charge in [-0.15, -0.1) is 11.3 Å². The number of primary amides is 1. The molecule has 1 aromatic heterocycles. The molecule has 0 fully saturated rings. The fourth-order valence-electron chi connectivity index (χ4n) is 0.942. The maximum Gasteiger partial charge on any atom is 0.243 e. The molecule has 5 heteroatoms. The normalized spacial score (nSPS) is 10.3. The van der Waals surface area contributed by atoms with Crippen LogP contribution in [0.1, 0.15) is 4.88 Å². The van der Waals surface area contributed by atoms with Gasteiger partial charge in [0.2, 0.25) is 5.91 Å². The van der Waals surface area contributed by atoms with Gasteiger partial charge in [-0.05, 0) is 11.4 Å². The number of nitrogens with one attached hydrogen (secondary N) is 1. The van der Waals surface area contributed by atoms with Crippen LogP contribution in [-0.2, 0) is 16.1 Å². The molecule has 0 aliphatic heterocycles. The van der Waals surface area contributed by atoms with E-state index in [1.165, 1.54) is 4.88 Å². The zero-order chi connectivity index (χ0) is 10.2. The van der Waals surface area contributed by atoms with Gasteiger partial charge in [-0.3, -0.25) is 4.79 Å². The maximum atomic E-state index is 10.3. The smallest absolute Gasteiger partial charge is 0.243 e. The minimum absolute atomic E-state index is 0.000677. The SMILES string of the molecule is NC(=O)COCCNCc1cccs1. The van der Waals surface area contributed by atoms with Gasteiger partial charge in [-0.25, -0.2) is 0 Å². The van der Waals surface area contributed by atoms with E-state index in [-0.39, 0.29) is 6.61 Å². The van der Waals surface area contributed by atoms with E-state index in [1.807, 2.05) is 11.4 Å². The highest BCUT2D eigenvalue weighted by Crippen LogP contribution is 2.06. The van der Waals surface area contributed by atoms with Crippen LogP contribution in [0.2, 0.25) is 0 Å². The lowest BCUT2D eigenvalue weighted by atomic mass is 10.4. The third-order valence-electron chi connectivity index (χ3n) is 1.55. The molecule has 3 N–H and O–H groups in total. The molecule has 78 valence electrons. The summed E-state index contributed by atoms with van der Waals surface area (Å²) in [5.41, 5.74) is 4.90. The van der Waals surface area contributed by atoms with Crippen LogP contribution in [0.5, 0.6) is 0 Å². The predicted molar refractivity (Wildman–Crippen MR) is 56.0 cm³/mol. The van der Waals surface area contributed by atoms with E-state index in [2.05, 4.69) is 11.4 Å². The summed E-state index contributed by atoms with van der Waals surface area (Å²) in [5.74, 6) is -0.428. The fourth-order valence-corrected chi connectivity index (χ4v) is 1.62. The summed E-state index contributed by atoms with van der Waals surface area (Å²) >= 11 is 1.71. The van der Waals surface area contributed by atoms with Crippen molar-refractivity contribution in [2.45, 2.75) is 6.54 Å². The van der Waals surface area contributed by atoms with Crippen LogP contribution in [-0.4, -0.2) is 25.7 Å². The molecular formula is C9H14N2O2S. The number of nitrogens with two attached hydrogens (primary N) is 1. The summed E-state index contributed by atoms with van der Waals surface area (Å²) in [6.07, 6.45) is 0. The van der Waals surface area contributed by atoms with E-state index in [1.54, 1.807) is 11.3 Å². The minimum Gasteiger partial charge on any atom is -0.370 e. The van der Waals surface area contributed by atoms with E-state index < -0.39 is 5.91 Å². The molecule has 0 saturated carbocycles. The van der Waals surface area contributed by atoms with Crippen molar-refractivity contribution in [1.29, 1.82) is 0 Å². The van der Waals surface area contributed by atoms with Crippen LogP contribution in [0, 0.1) is 0 Å². The van der Waals surface area contributed by atoms with Crippen molar-refractivity contribution < 1.29 is 9.53 Å². The Bertz CT molecular complexity index is 262. The molecule has 0 aliphatic rings. The van der Waals surface area contributed by atoms with Gasteiger partial charge in [-0.1, -0.05) is 6.07 Å². The summed E-state index contributed by atoms with van der Waals surface area (Å²) in [4.78, 5) is 11.6. The van der Waals surface area contributed by atoms with Crippen LogP contribution in [0.4, 0.5) is 0 Å². The first kappa shape index (κ1) is 11.2. The first-order chi connectivity index (χ1) is 6.79. The van der Waals surface area contributed by atoms with Gasteiger partial charge in [0.05, 0.1) is 6.61 Å². The van der Waals surface area contributed by atoms with Crippen molar-refractivity contribution in [3.8, 4) is 0 Å². The first-order valence-electron chi connectivity index (χ1n) is 4.38. The third kappa shape index (κ3) is 4.96. The highest BCUT2D eigenvalue weighted by molar-refractivity contribution is 7.09.